The maximum atomic E-state index is 11.9. The first-order chi connectivity index (χ1) is 12.3. The van der Waals surface area contributed by atoms with Gasteiger partial charge in [-0.3, -0.25) is 4.79 Å². The molecule has 138 valence electrons. The molecule has 2 nitrogen and oxygen atoms in total. The van der Waals surface area contributed by atoms with Gasteiger partial charge >= 0.3 is 5.97 Å². The van der Waals surface area contributed by atoms with Gasteiger partial charge in [0.05, 0.1) is 0 Å². The molecule has 1 aromatic carbocycles. The molecule has 1 aromatic rings. The number of hydrogen-bond donors (Lipinski definition) is 0. The first kappa shape index (κ1) is 21.3. The van der Waals surface area contributed by atoms with Gasteiger partial charge in [0.2, 0.25) is 0 Å². The first-order valence-corrected chi connectivity index (χ1v) is 9.95. The van der Waals surface area contributed by atoms with Crippen molar-refractivity contribution in [1.82, 2.24) is 0 Å². The average Bonchev–Trinajstić information content (AvgIpc) is 2.65. The Hall–Kier alpha value is -1.75. The van der Waals surface area contributed by atoms with E-state index < -0.39 is 0 Å². The van der Waals surface area contributed by atoms with E-state index in [0.717, 1.165) is 18.4 Å². The van der Waals surface area contributed by atoms with Crippen LogP contribution in [0.5, 0.6) is 0 Å². The van der Waals surface area contributed by atoms with Crippen LogP contribution in [0.1, 0.15) is 83.1 Å². The predicted octanol–water partition coefficient (Wildman–Crippen LogP) is 6.09. The molecule has 0 aliphatic rings. The summed E-state index contributed by atoms with van der Waals surface area (Å²) in [6, 6.07) is 9.98. The highest BCUT2D eigenvalue weighted by molar-refractivity contribution is 5.70. The van der Waals surface area contributed by atoms with Crippen molar-refractivity contribution in [3.8, 4) is 12.3 Å². The molecular weight excluding hydrogens is 308 g/mol. The monoisotopic (exact) mass is 342 g/mol. The highest BCUT2D eigenvalue weighted by Gasteiger charge is 2.11. The van der Waals surface area contributed by atoms with E-state index >= 15 is 0 Å². The zero-order chi connectivity index (χ0) is 18.2. The van der Waals surface area contributed by atoms with Crippen LogP contribution in [0, 0.1) is 12.3 Å². The normalized spacial score (nSPS) is 11.7. The number of ether oxygens (including phenoxy) is 1. The Labute approximate surface area is 154 Å². The van der Waals surface area contributed by atoms with Gasteiger partial charge in [0.1, 0.15) is 0 Å². The summed E-state index contributed by atoms with van der Waals surface area (Å²) in [5.74, 6) is 2.42. The van der Waals surface area contributed by atoms with Crippen LogP contribution in [0.25, 0.3) is 0 Å². The predicted molar refractivity (Wildman–Crippen MR) is 105 cm³/mol. The Balaban J connectivity index is 2.05. The fourth-order valence-corrected chi connectivity index (χ4v) is 2.93. The number of carbonyl (C=O) groups excluding carboxylic acids is 1. The number of hydrogen-bond acceptors (Lipinski definition) is 2. The Morgan fingerprint density at radius 2 is 1.60 bits per heavy atom. The molecule has 0 unspecified atom stereocenters. The summed E-state index contributed by atoms with van der Waals surface area (Å²) in [6.07, 6.45) is 18.5. The van der Waals surface area contributed by atoms with Crippen molar-refractivity contribution in [2.75, 3.05) is 0 Å². The minimum Gasteiger partial charge on any atom is -0.449 e. The summed E-state index contributed by atoms with van der Waals surface area (Å²) in [6.45, 7) is 2.25. The first-order valence-electron chi connectivity index (χ1n) is 9.95. The zero-order valence-electron chi connectivity index (χ0n) is 15.8. The lowest BCUT2D eigenvalue weighted by Gasteiger charge is -2.12. The van der Waals surface area contributed by atoms with Crippen molar-refractivity contribution in [1.29, 1.82) is 0 Å². The Morgan fingerprint density at radius 1 is 1.00 bits per heavy atom. The van der Waals surface area contributed by atoms with Crippen molar-refractivity contribution in [2.45, 2.75) is 90.1 Å². The highest BCUT2D eigenvalue weighted by Crippen LogP contribution is 2.13. The number of unbranched alkanes of at least 4 members (excludes halogenated alkanes) is 8. The van der Waals surface area contributed by atoms with Gasteiger partial charge in [0.15, 0.2) is 6.10 Å². The summed E-state index contributed by atoms with van der Waals surface area (Å²) in [7, 11) is 0. The molecule has 1 rings (SSSR count). The molecule has 0 heterocycles. The molecule has 0 fully saturated rings. The second-order valence-corrected chi connectivity index (χ2v) is 6.75. The Bertz CT molecular complexity index is 487. The van der Waals surface area contributed by atoms with Gasteiger partial charge in [-0.15, -0.1) is 6.42 Å². The van der Waals surface area contributed by atoms with Gasteiger partial charge in [0, 0.05) is 6.42 Å². The standard InChI is InChI=1S/C23H34O2/c1-3-5-6-7-8-9-10-11-15-18-22(4-2)25-23(24)20-19-21-16-13-12-14-17-21/h2,12-14,16-17,22H,3,5-11,15,18-20H2,1H3/t22-/m1/s1. The van der Waals surface area contributed by atoms with E-state index in [-0.39, 0.29) is 12.1 Å². The molecule has 1 atom stereocenters. The van der Waals surface area contributed by atoms with E-state index in [2.05, 4.69) is 12.8 Å². The smallest absolute Gasteiger partial charge is 0.307 e. The summed E-state index contributed by atoms with van der Waals surface area (Å²) in [5, 5.41) is 0. The molecule has 2 heteroatoms. The molecule has 0 radical (unpaired) electrons. The van der Waals surface area contributed by atoms with Gasteiger partial charge in [-0.1, -0.05) is 94.5 Å². The Kier molecular flexibility index (Phi) is 12.4. The zero-order valence-corrected chi connectivity index (χ0v) is 15.8. The van der Waals surface area contributed by atoms with E-state index in [1.807, 2.05) is 30.3 Å². The van der Waals surface area contributed by atoms with E-state index in [4.69, 9.17) is 11.2 Å². The second-order valence-electron chi connectivity index (χ2n) is 6.75. The summed E-state index contributed by atoms with van der Waals surface area (Å²) >= 11 is 0. The fourth-order valence-electron chi connectivity index (χ4n) is 2.93. The minimum atomic E-state index is -0.368. The maximum absolute atomic E-state index is 11.9. The molecular formula is C23H34O2. The number of terminal acetylenes is 1. The van der Waals surface area contributed by atoms with Crippen LogP contribution in [0.3, 0.4) is 0 Å². The van der Waals surface area contributed by atoms with Gasteiger partial charge in [0.25, 0.3) is 0 Å². The van der Waals surface area contributed by atoms with Crippen LogP contribution in [0.4, 0.5) is 0 Å². The van der Waals surface area contributed by atoms with Crippen molar-refractivity contribution < 1.29 is 9.53 Å². The van der Waals surface area contributed by atoms with Gasteiger partial charge in [-0.25, -0.2) is 0 Å². The lowest BCUT2D eigenvalue weighted by molar-refractivity contribution is -0.146. The number of aryl methyl sites for hydroxylation is 1. The SMILES string of the molecule is C#C[C@H](CCCCCCCCCCC)OC(=O)CCc1ccccc1. The number of rotatable bonds is 14. The van der Waals surface area contributed by atoms with Crippen molar-refractivity contribution in [3.63, 3.8) is 0 Å². The third kappa shape index (κ3) is 11.4. The summed E-state index contributed by atoms with van der Waals surface area (Å²) < 4.78 is 5.42. The molecule has 0 N–H and O–H groups in total. The second kappa shape index (κ2) is 14.6. The Morgan fingerprint density at radius 3 is 2.20 bits per heavy atom. The number of benzene rings is 1. The van der Waals surface area contributed by atoms with Crippen LogP contribution >= 0.6 is 0 Å². The molecule has 0 aromatic heterocycles. The van der Waals surface area contributed by atoms with E-state index in [0.29, 0.717) is 12.8 Å². The largest absolute Gasteiger partial charge is 0.449 e. The molecule has 0 spiro atoms. The van der Waals surface area contributed by atoms with Gasteiger partial charge in [-0.05, 0) is 24.8 Å². The third-order valence-corrected chi connectivity index (χ3v) is 4.49. The highest BCUT2D eigenvalue weighted by atomic mass is 16.5. The molecule has 0 bridgehead atoms. The molecule has 0 saturated heterocycles. The van der Waals surface area contributed by atoms with E-state index in [9.17, 15) is 4.79 Å². The van der Waals surface area contributed by atoms with Crippen LogP contribution < -0.4 is 0 Å². The average molecular weight is 343 g/mol. The molecule has 0 aliphatic carbocycles. The topological polar surface area (TPSA) is 26.3 Å². The van der Waals surface area contributed by atoms with Crippen LogP contribution in [-0.4, -0.2) is 12.1 Å². The van der Waals surface area contributed by atoms with Crippen molar-refractivity contribution in [2.24, 2.45) is 0 Å². The fraction of sp³-hybridized carbons (Fsp3) is 0.609. The van der Waals surface area contributed by atoms with Gasteiger partial charge in [-0.2, -0.15) is 0 Å². The van der Waals surface area contributed by atoms with Crippen LogP contribution in [0.15, 0.2) is 30.3 Å². The molecule has 25 heavy (non-hydrogen) atoms. The van der Waals surface area contributed by atoms with E-state index in [1.54, 1.807) is 0 Å². The van der Waals surface area contributed by atoms with Crippen molar-refractivity contribution in [3.05, 3.63) is 35.9 Å². The van der Waals surface area contributed by atoms with Crippen molar-refractivity contribution >= 4 is 5.97 Å². The van der Waals surface area contributed by atoms with Crippen LogP contribution in [-0.2, 0) is 16.0 Å². The van der Waals surface area contributed by atoms with E-state index in [1.165, 1.54) is 51.4 Å². The maximum Gasteiger partial charge on any atom is 0.307 e. The summed E-state index contributed by atoms with van der Waals surface area (Å²) in [4.78, 5) is 11.9. The molecule has 0 aliphatic heterocycles. The third-order valence-electron chi connectivity index (χ3n) is 4.49. The molecule has 0 amide bonds. The number of carbonyl (C=O) groups is 1. The quantitative estimate of drug-likeness (QED) is 0.232. The van der Waals surface area contributed by atoms with Crippen LogP contribution in [0.2, 0.25) is 0 Å². The molecule has 0 saturated carbocycles. The minimum absolute atomic E-state index is 0.192. The number of esters is 1. The van der Waals surface area contributed by atoms with Gasteiger partial charge < -0.3 is 4.74 Å². The lowest BCUT2D eigenvalue weighted by atomic mass is 10.1. The summed E-state index contributed by atoms with van der Waals surface area (Å²) in [5.41, 5.74) is 1.15. The lowest BCUT2D eigenvalue weighted by Crippen LogP contribution is -2.16.